The molecule has 1 saturated heterocycles. The monoisotopic (exact) mass is 240 g/mol. The summed E-state index contributed by atoms with van der Waals surface area (Å²) in [5, 5.41) is 0.803. The van der Waals surface area contributed by atoms with Crippen LogP contribution in [0.25, 0.3) is 0 Å². The van der Waals surface area contributed by atoms with E-state index in [1.54, 1.807) is 7.11 Å². The van der Waals surface area contributed by atoms with Gasteiger partial charge in [0.25, 0.3) is 0 Å². The molecule has 1 fully saturated rings. The molecule has 0 amide bonds. The lowest BCUT2D eigenvalue weighted by atomic mass is 10.2. The highest BCUT2D eigenvalue weighted by Crippen LogP contribution is 2.20. The molecule has 1 aromatic rings. The molecule has 3 nitrogen and oxygen atoms in total. The quantitative estimate of drug-likeness (QED) is 0.805. The minimum absolute atomic E-state index is 0.726. The van der Waals surface area contributed by atoms with E-state index in [-0.39, 0.29) is 0 Å². The normalized spacial score (nSPS) is 17.8. The van der Waals surface area contributed by atoms with Crippen LogP contribution in [0.1, 0.15) is 0 Å². The SMILES string of the molecule is COCN1CCN(c2cccc(Cl)c2)CC1. The Labute approximate surface area is 102 Å². The molecule has 0 unspecified atom stereocenters. The van der Waals surface area contributed by atoms with Gasteiger partial charge in [0.15, 0.2) is 0 Å². The first-order valence-electron chi connectivity index (χ1n) is 5.51. The number of piperazine rings is 1. The van der Waals surface area contributed by atoms with Crippen molar-refractivity contribution in [1.82, 2.24) is 4.90 Å². The maximum Gasteiger partial charge on any atom is 0.0987 e. The zero-order valence-corrected chi connectivity index (χ0v) is 10.3. The van der Waals surface area contributed by atoms with Crippen LogP contribution in [0.5, 0.6) is 0 Å². The van der Waals surface area contributed by atoms with Crippen LogP contribution in [-0.4, -0.2) is 44.9 Å². The summed E-state index contributed by atoms with van der Waals surface area (Å²) < 4.78 is 5.13. The van der Waals surface area contributed by atoms with Crippen LogP contribution < -0.4 is 4.90 Å². The smallest absolute Gasteiger partial charge is 0.0987 e. The standard InChI is InChI=1S/C12H17ClN2O/c1-16-10-14-5-7-15(8-6-14)12-4-2-3-11(13)9-12/h2-4,9H,5-8,10H2,1H3. The van der Waals surface area contributed by atoms with E-state index in [9.17, 15) is 0 Å². The van der Waals surface area contributed by atoms with E-state index in [0.717, 1.165) is 37.9 Å². The van der Waals surface area contributed by atoms with E-state index < -0.39 is 0 Å². The van der Waals surface area contributed by atoms with Gasteiger partial charge < -0.3 is 9.64 Å². The predicted molar refractivity (Wildman–Crippen MR) is 67.1 cm³/mol. The molecule has 16 heavy (non-hydrogen) atoms. The molecule has 0 aliphatic carbocycles. The number of halogens is 1. The molecule has 4 heteroatoms. The van der Waals surface area contributed by atoms with Crippen LogP contribution in [0.4, 0.5) is 5.69 Å². The minimum Gasteiger partial charge on any atom is -0.369 e. The summed E-state index contributed by atoms with van der Waals surface area (Å²) in [7, 11) is 1.74. The van der Waals surface area contributed by atoms with Crippen LogP contribution in [0.2, 0.25) is 5.02 Å². The highest BCUT2D eigenvalue weighted by Gasteiger charge is 2.16. The lowest BCUT2D eigenvalue weighted by Crippen LogP contribution is -2.46. The summed E-state index contributed by atoms with van der Waals surface area (Å²) in [6.07, 6.45) is 0. The van der Waals surface area contributed by atoms with Crippen molar-refractivity contribution in [1.29, 1.82) is 0 Å². The number of hydrogen-bond donors (Lipinski definition) is 0. The maximum atomic E-state index is 5.99. The lowest BCUT2D eigenvalue weighted by molar-refractivity contribution is 0.0596. The van der Waals surface area contributed by atoms with Crippen molar-refractivity contribution in [3.63, 3.8) is 0 Å². The van der Waals surface area contributed by atoms with Crippen molar-refractivity contribution >= 4 is 17.3 Å². The molecule has 1 aliphatic heterocycles. The largest absolute Gasteiger partial charge is 0.369 e. The van der Waals surface area contributed by atoms with Gasteiger partial charge in [-0.25, -0.2) is 0 Å². The number of ether oxygens (including phenoxy) is 1. The second-order valence-electron chi connectivity index (χ2n) is 4.00. The zero-order valence-electron chi connectivity index (χ0n) is 9.53. The van der Waals surface area contributed by atoms with Gasteiger partial charge in [-0.05, 0) is 18.2 Å². The Morgan fingerprint density at radius 3 is 2.62 bits per heavy atom. The molecule has 88 valence electrons. The van der Waals surface area contributed by atoms with Gasteiger partial charge in [-0.2, -0.15) is 0 Å². The predicted octanol–water partition coefficient (Wildman–Crippen LogP) is 2.07. The number of hydrogen-bond acceptors (Lipinski definition) is 3. The lowest BCUT2D eigenvalue weighted by Gasteiger charge is -2.35. The first-order chi connectivity index (χ1) is 7.79. The van der Waals surface area contributed by atoms with Gasteiger partial charge in [0.1, 0.15) is 0 Å². The number of anilines is 1. The van der Waals surface area contributed by atoms with Crippen LogP contribution >= 0.6 is 11.6 Å². The summed E-state index contributed by atoms with van der Waals surface area (Å²) in [5.74, 6) is 0. The fourth-order valence-corrected chi connectivity index (χ4v) is 2.18. The second kappa shape index (κ2) is 5.53. The van der Waals surface area contributed by atoms with Crippen molar-refractivity contribution in [3.05, 3.63) is 29.3 Å². The van der Waals surface area contributed by atoms with Crippen LogP contribution in [0.15, 0.2) is 24.3 Å². The van der Waals surface area contributed by atoms with E-state index in [2.05, 4.69) is 15.9 Å². The third-order valence-corrected chi connectivity index (χ3v) is 3.09. The van der Waals surface area contributed by atoms with E-state index in [0.29, 0.717) is 0 Å². The summed E-state index contributed by atoms with van der Waals surface area (Å²) in [6.45, 7) is 4.87. The Balaban J connectivity index is 1.94. The molecule has 0 N–H and O–H groups in total. The average Bonchev–Trinajstić information content (AvgIpc) is 2.30. The summed E-state index contributed by atoms with van der Waals surface area (Å²) in [5.41, 5.74) is 1.21. The van der Waals surface area contributed by atoms with Crippen molar-refractivity contribution in [2.75, 3.05) is 44.9 Å². The Morgan fingerprint density at radius 2 is 2.00 bits per heavy atom. The molecule has 2 rings (SSSR count). The molecular formula is C12H17ClN2O. The topological polar surface area (TPSA) is 15.7 Å². The van der Waals surface area contributed by atoms with E-state index in [1.807, 2.05) is 18.2 Å². The van der Waals surface area contributed by atoms with Gasteiger partial charge in [0.2, 0.25) is 0 Å². The van der Waals surface area contributed by atoms with Crippen LogP contribution in [0.3, 0.4) is 0 Å². The van der Waals surface area contributed by atoms with Gasteiger partial charge in [0, 0.05) is 44.0 Å². The highest BCUT2D eigenvalue weighted by molar-refractivity contribution is 6.30. The first-order valence-corrected chi connectivity index (χ1v) is 5.89. The van der Waals surface area contributed by atoms with Crippen LogP contribution in [-0.2, 0) is 4.74 Å². The Kier molecular flexibility index (Phi) is 4.04. The average molecular weight is 241 g/mol. The third kappa shape index (κ3) is 2.88. The molecule has 0 radical (unpaired) electrons. The number of rotatable bonds is 3. The van der Waals surface area contributed by atoms with Crippen LogP contribution in [0, 0.1) is 0 Å². The van der Waals surface area contributed by atoms with E-state index >= 15 is 0 Å². The number of nitrogens with zero attached hydrogens (tertiary/aromatic N) is 2. The molecule has 0 saturated carbocycles. The van der Waals surface area contributed by atoms with E-state index in [1.165, 1.54) is 5.69 Å². The summed E-state index contributed by atoms with van der Waals surface area (Å²) in [4.78, 5) is 4.67. The molecule has 0 atom stereocenters. The number of benzene rings is 1. The second-order valence-corrected chi connectivity index (χ2v) is 4.44. The summed E-state index contributed by atoms with van der Waals surface area (Å²) in [6, 6.07) is 8.04. The first kappa shape index (κ1) is 11.7. The Morgan fingerprint density at radius 1 is 1.25 bits per heavy atom. The number of methoxy groups -OCH3 is 1. The molecule has 1 heterocycles. The molecule has 1 aromatic carbocycles. The molecule has 0 spiro atoms. The fourth-order valence-electron chi connectivity index (χ4n) is 1.99. The maximum absolute atomic E-state index is 5.99. The van der Waals surface area contributed by atoms with Crippen molar-refractivity contribution in [2.24, 2.45) is 0 Å². The fraction of sp³-hybridized carbons (Fsp3) is 0.500. The van der Waals surface area contributed by atoms with Gasteiger partial charge in [0.05, 0.1) is 6.73 Å². The Bertz CT molecular complexity index is 338. The van der Waals surface area contributed by atoms with Crippen molar-refractivity contribution in [2.45, 2.75) is 0 Å². The van der Waals surface area contributed by atoms with Crippen molar-refractivity contribution in [3.8, 4) is 0 Å². The van der Waals surface area contributed by atoms with Crippen molar-refractivity contribution < 1.29 is 4.74 Å². The minimum atomic E-state index is 0.726. The summed E-state index contributed by atoms with van der Waals surface area (Å²) >= 11 is 5.99. The van der Waals surface area contributed by atoms with Gasteiger partial charge >= 0.3 is 0 Å². The third-order valence-electron chi connectivity index (χ3n) is 2.86. The Hall–Kier alpha value is -0.770. The van der Waals surface area contributed by atoms with Gasteiger partial charge in [-0.15, -0.1) is 0 Å². The molecule has 0 aromatic heterocycles. The van der Waals surface area contributed by atoms with Gasteiger partial charge in [-0.1, -0.05) is 17.7 Å². The highest BCUT2D eigenvalue weighted by atomic mass is 35.5. The zero-order chi connectivity index (χ0) is 11.4. The molecular weight excluding hydrogens is 224 g/mol. The van der Waals surface area contributed by atoms with E-state index in [4.69, 9.17) is 16.3 Å². The molecule has 1 aliphatic rings. The van der Waals surface area contributed by atoms with Gasteiger partial charge in [-0.3, -0.25) is 4.90 Å². The molecule has 0 bridgehead atoms.